The molecule has 0 bridgehead atoms. The molecular formula is C20H26BrF2N5O5S. The molecule has 0 saturated carbocycles. The number of amides is 3. The lowest BCUT2D eigenvalue weighted by molar-refractivity contribution is -0.119. The van der Waals surface area contributed by atoms with Crippen LogP contribution in [0, 0.1) is 17.6 Å². The fraction of sp³-hybridized carbons (Fsp3) is 0.400. The maximum atomic E-state index is 13.9. The number of hydrogen-bond acceptors (Lipinski definition) is 8. The van der Waals surface area contributed by atoms with E-state index in [4.69, 9.17) is 16.2 Å². The van der Waals surface area contributed by atoms with E-state index in [9.17, 15) is 28.3 Å². The lowest BCUT2D eigenvalue weighted by Crippen LogP contribution is -2.25. The number of benzene rings is 1. The van der Waals surface area contributed by atoms with Crippen molar-refractivity contribution in [2.75, 3.05) is 11.9 Å². The van der Waals surface area contributed by atoms with Gasteiger partial charge in [-0.25, -0.2) is 8.78 Å². The third-order valence-corrected chi connectivity index (χ3v) is 5.33. The lowest BCUT2D eigenvalue weighted by Gasteiger charge is -2.16. The quantitative estimate of drug-likeness (QED) is 0.276. The van der Waals surface area contributed by atoms with Crippen LogP contribution in [0.4, 0.5) is 13.8 Å². The van der Waals surface area contributed by atoms with Crippen molar-refractivity contribution in [3.8, 4) is 5.88 Å². The molecule has 0 aliphatic rings. The van der Waals surface area contributed by atoms with Crippen LogP contribution in [-0.4, -0.2) is 39.9 Å². The number of nitrogens with two attached hydrogens (primary N) is 3. The number of anilines is 1. The topological polar surface area (TPSA) is 184 Å². The second-order valence-electron chi connectivity index (χ2n) is 7.35. The summed E-state index contributed by atoms with van der Waals surface area (Å²) < 4.78 is 37.4. The Morgan fingerprint density at radius 3 is 2.29 bits per heavy atom. The van der Waals surface area contributed by atoms with Crippen LogP contribution in [0.3, 0.4) is 0 Å². The van der Waals surface area contributed by atoms with Crippen LogP contribution in [0.1, 0.15) is 42.6 Å². The van der Waals surface area contributed by atoms with Gasteiger partial charge in [-0.2, -0.15) is 4.37 Å². The number of aromatic nitrogens is 1. The third-order valence-electron chi connectivity index (χ3n) is 4.09. The van der Waals surface area contributed by atoms with Crippen LogP contribution in [-0.2, 0) is 16.2 Å². The highest BCUT2D eigenvalue weighted by atomic mass is 79.9. The van der Waals surface area contributed by atoms with Crippen LogP contribution in [0.15, 0.2) is 16.6 Å². The first-order valence-electron chi connectivity index (χ1n) is 9.83. The summed E-state index contributed by atoms with van der Waals surface area (Å²) in [6.45, 7) is 2.64. The highest BCUT2D eigenvalue weighted by Crippen LogP contribution is 2.31. The summed E-state index contributed by atoms with van der Waals surface area (Å²) in [6, 6.07) is 2.18. The number of aliphatic hydroxyl groups is 1. The third kappa shape index (κ3) is 9.97. The van der Waals surface area contributed by atoms with Crippen molar-refractivity contribution in [2.45, 2.75) is 39.4 Å². The van der Waals surface area contributed by atoms with Crippen LogP contribution in [0.5, 0.6) is 5.88 Å². The minimum Gasteiger partial charge on any atom is -0.471 e. The van der Waals surface area contributed by atoms with Gasteiger partial charge in [-0.1, -0.05) is 22.9 Å². The molecular weight excluding hydrogens is 540 g/mol. The molecule has 2 rings (SSSR count). The van der Waals surface area contributed by atoms with E-state index in [1.807, 2.05) is 0 Å². The molecule has 14 heteroatoms. The van der Waals surface area contributed by atoms with Gasteiger partial charge in [0.05, 0.1) is 11.7 Å². The molecule has 2 atom stereocenters. The number of aliphatic hydroxyl groups excluding tert-OH is 1. The number of halogens is 3. The molecule has 0 spiro atoms. The molecule has 3 amide bonds. The number of nitrogens with zero attached hydrogens (tertiary/aromatic N) is 1. The van der Waals surface area contributed by atoms with Gasteiger partial charge in [-0.3, -0.25) is 14.4 Å². The Kier molecular flexibility index (Phi) is 11.8. The van der Waals surface area contributed by atoms with Gasteiger partial charge in [0.15, 0.2) is 0 Å². The Balaban J connectivity index is 0.00000133. The van der Waals surface area contributed by atoms with Crippen molar-refractivity contribution in [1.82, 2.24) is 4.37 Å². The summed E-state index contributed by atoms with van der Waals surface area (Å²) in [5, 5.41) is 13.2. The Morgan fingerprint density at radius 1 is 1.24 bits per heavy atom. The van der Waals surface area contributed by atoms with Crippen molar-refractivity contribution < 1.29 is 33.0 Å². The number of carbonyl (C=O) groups is 3. The van der Waals surface area contributed by atoms with Gasteiger partial charge in [-0.05, 0) is 36.0 Å². The normalized spacial score (nSPS) is 12.2. The number of primary amides is 3. The van der Waals surface area contributed by atoms with Gasteiger partial charge in [-0.15, -0.1) is 0 Å². The standard InChI is InChI=1S/C18H21BrF2N4O4S.C2H5NO/c1-8(3-14(22)27)2-10(26)6-24-18-15(16(23)28)17(25-30-18)29-7-11-12(20)4-9(19)5-13(11)21;1-2(3)4/h4-5,8,10,24,26H,2-3,6-7H2,1H3,(H2,22,27)(H2,23,28);1H3,(H2,3,4). The Labute approximate surface area is 207 Å². The number of carbonyl (C=O) groups excluding carboxylic acids is 3. The van der Waals surface area contributed by atoms with Gasteiger partial charge >= 0.3 is 0 Å². The predicted molar refractivity (Wildman–Crippen MR) is 126 cm³/mol. The van der Waals surface area contributed by atoms with Crippen LogP contribution >= 0.6 is 27.5 Å². The maximum Gasteiger partial charge on any atom is 0.257 e. The molecule has 0 aliphatic heterocycles. The Hall–Kier alpha value is -2.84. The lowest BCUT2D eigenvalue weighted by atomic mass is 10.00. The predicted octanol–water partition coefficient (Wildman–Crippen LogP) is 2.03. The highest BCUT2D eigenvalue weighted by Gasteiger charge is 2.22. The molecule has 1 aromatic heterocycles. The van der Waals surface area contributed by atoms with Gasteiger partial charge < -0.3 is 32.4 Å². The fourth-order valence-corrected chi connectivity index (χ4v) is 3.89. The molecule has 0 saturated heterocycles. The zero-order chi connectivity index (χ0) is 26.0. The van der Waals surface area contributed by atoms with E-state index >= 15 is 0 Å². The average Bonchev–Trinajstić information content (AvgIpc) is 3.07. The van der Waals surface area contributed by atoms with Crippen molar-refractivity contribution in [3.05, 3.63) is 39.4 Å². The van der Waals surface area contributed by atoms with E-state index in [-0.39, 0.29) is 51.3 Å². The Bertz CT molecular complexity index is 996. The van der Waals surface area contributed by atoms with Gasteiger partial charge in [0.1, 0.15) is 28.8 Å². The molecule has 188 valence electrons. The highest BCUT2D eigenvalue weighted by molar-refractivity contribution is 9.10. The molecule has 0 aliphatic carbocycles. The number of hydrogen-bond donors (Lipinski definition) is 5. The first kappa shape index (κ1) is 29.2. The van der Waals surface area contributed by atoms with Gasteiger partial charge in [0.25, 0.3) is 5.91 Å². The molecule has 1 heterocycles. The number of ether oxygens (including phenoxy) is 1. The zero-order valence-corrected chi connectivity index (χ0v) is 20.8. The van der Waals surface area contributed by atoms with Crippen molar-refractivity contribution in [1.29, 1.82) is 0 Å². The van der Waals surface area contributed by atoms with E-state index in [1.165, 1.54) is 6.92 Å². The SMILES string of the molecule is CC(CC(N)=O)CC(O)CNc1snc(OCc2c(F)cc(Br)cc2F)c1C(N)=O.CC(N)=O. The summed E-state index contributed by atoms with van der Waals surface area (Å²) in [6.07, 6.45) is -0.366. The molecule has 2 aromatic rings. The largest absolute Gasteiger partial charge is 0.471 e. The van der Waals surface area contributed by atoms with Gasteiger partial charge in [0.2, 0.25) is 17.7 Å². The fourth-order valence-electron chi connectivity index (χ4n) is 2.75. The Morgan fingerprint density at radius 2 is 1.79 bits per heavy atom. The summed E-state index contributed by atoms with van der Waals surface area (Å²) in [5.74, 6) is -3.57. The van der Waals surface area contributed by atoms with Gasteiger partial charge in [0, 0.05) is 24.4 Å². The summed E-state index contributed by atoms with van der Waals surface area (Å²) in [5.41, 5.74) is 14.6. The maximum absolute atomic E-state index is 13.9. The second kappa shape index (κ2) is 13.8. The van der Waals surface area contributed by atoms with Crippen molar-refractivity contribution in [2.24, 2.45) is 23.1 Å². The summed E-state index contributed by atoms with van der Waals surface area (Å²) in [7, 11) is 0. The molecule has 8 N–H and O–H groups in total. The first-order valence-corrected chi connectivity index (χ1v) is 11.4. The van der Waals surface area contributed by atoms with E-state index in [2.05, 4.69) is 31.4 Å². The second-order valence-corrected chi connectivity index (χ2v) is 9.04. The number of nitrogens with one attached hydrogen (secondary N) is 1. The average molecular weight is 566 g/mol. The van der Waals surface area contributed by atoms with Crippen molar-refractivity contribution >= 4 is 50.2 Å². The van der Waals surface area contributed by atoms with E-state index < -0.39 is 36.2 Å². The molecule has 0 fully saturated rings. The monoisotopic (exact) mass is 565 g/mol. The molecule has 1 aromatic carbocycles. The van der Waals surface area contributed by atoms with E-state index in [0.29, 0.717) is 6.42 Å². The summed E-state index contributed by atoms with van der Waals surface area (Å²) >= 11 is 3.84. The summed E-state index contributed by atoms with van der Waals surface area (Å²) in [4.78, 5) is 32.0. The first-order chi connectivity index (χ1) is 15.8. The molecule has 10 nitrogen and oxygen atoms in total. The minimum absolute atomic E-state index is 0.0565. The van der Waals surface area contributed by atoms with Crippen LogP contribution in [0.2, 0.25) is 0 Å². The minimum atomic E-state index is -0.852. The zero-order valence-electron chi connectivity index (χ0n) is 18.4. The number of rotatable bonds is 11. The smallest absolute Gasteiger partial charge is 0.257 e. The van der Waals surface area contributed by atoms with Crippen LogP contribution in [0.25, 0.3) is 0 Å². The van der Waals surface area contributed by atoms with E-state index in [0.717, 1.165) is 23.7 Å². The molecule has 2 unspecified atom stereocenters. The van der Waals surface area contributed by atoms with E-state index in [1.54, 1.807) is 6.92 Å². The van der Waals surface area contributed by atoms with Crippen molar-refractivity contribution in [3.63, 3.8) is 0 Å². The molecule has 34 heavy (non-hydrogen) atoms. The molecule has 0 radical (unpaired) electrons. The van der Waals surface area contributed by atoms with Crippen LogP contribution < -0.4 is 27.3 Å².